The minimum atomic E-state index is -1.46. The van der Waals surface area contributed by atoms with Gasteiger partial charge in [-0.2, -0.15) is 0 Å². The van der Waals surface area contributed by atoms with Gasteiger partial charge in [0.25, 0.3) is 5.78 Å². The third kappa shape index (κ3) is 2.25. The molecule has 1 saturated heterocycles. The number of likely N-dealkylation sites (tertiary alicyclic amines) is 1. The summed E-state index contributed by atoms with van der Waals surface area (Å²) >= 11 is 11.9. The topological polar surface area (TPSA) is 66.8 Å². The van der Waals surface area contributed by atoms with Crippen LogP contribution in [-0.2, 0) is 19.9 Å². The van der Waals surface area contributed by atoms with Crippen molar-refractivity contribution in [1.29, 1.82) is 0 Å². The van der Waals surface area contributed by atoms with Crippen LogP contribution in [0.1, 0.15) is 25.3 Å². The van der Waals surface area contributed by atoms with Gasteiger partial charge in [0.1, 0.15) is 0 Å². The summed E-state index contributed by atoms with van der Waals surface area (Å²) in [5.41, 5.74) is -1.04. The van der Waals surface area contributed by atoms with Crippen molar-refractivity contribution < 1.29 is 19.4 Å². The molecule has 0 aromatic heterocycles. The number of benzene rings is 1. The van der Waals surface area contributed by atoms with Crippen LogP contribution in [-0.4, -0.2) is 28.2 Å². The molecule has 22 heavy (non-hydrogen) atoms. The molecule has 0 radical (unpaired) electrons. The van der Waals surface area contributed by atoms with Crippen LogP contribution in [0.2, 0.25) is 10.0 Å². The fourth-order valence-corrected chi connectivity index (χ4v) is 3.20. The van der Waals surface area contributed by atoms with Gasteiger partial charge < -0.3 is 9.84 Å². The fourth-order valence-electron chi connectivity index (χ4n) is 2.68. The molecule has 1 amide bonds. The van der Waals surface area contributed by atoms with E-state index in [-0.39, 0.29) is 11.8 Å². The number of rotatable bonds is 2. The number of ketones is 1. The van der Waals surface area contributed by atoms with E-state index in [1.165, 1.54) is 17.9 Å². The zero-order valence-corrected chi connectivity index (χ0v) is 13.2. The molecule has 2 aliphatic heterocycles. The second kappa shape index (κ2) is 5.18. The predicted octanol–water partition coefficient (Wildman–Crippen LogP) is 3.16. The fraction of sp³-hybridized carbons (Fsp3) is 0.333. The summed E-state index contributed by atoms with van der Waals surface area (Å²) in [6, 6.07) is 4.63. The highest BCUT2D eigenvalue weighted by Crippen LogP contribution is 2.41. The standard InChI is InChI=1S/C15H13Cl2NO4/c1-15(8-5-9(16)7-10(17)6-8)13(21)12(20)14(22-15)18-4-2-3-11(18)19/h5-7,20H,2-4H2,1H3. The summed E-state index contributed by atoms with van der Waals surface area (Å²) in [4.78, 5) is 25.6. The van der Waals surface area contributed by atoms with Gasteiger partial charge in [0.15, 0.2) is 5.60 Å². The predicted molar refractivity (Wildman–Crippen MR) is 80.5 cm³/mol. The maximum absolute atomic E-state index is 12.5. The SMILES string of the molecule is CC1(c2cc(Cl)cc(Cl)c2)OC(N2CCCC2=O)=C(O)C1=O. The average molecular weight is 342 g/mol. The van der Waals surface area contributed by atoms with Crippen molar-refractivity contribution >= 4 is 34.9 Å². The van der Waals surface area contributed by atoms with Crippen LogP contribution >= 0.6 is 23.2 Å². The van der Waals surface area contributed by atoms with E-state index in [0.29, 0.717) is 35.0 Å². The first-order chi connectivity index (χ1) is 10.3. The van der Waals surface area contributed by atoms with Crippen LogP contribution in [0.25, 0.3) is 0 Å². The van der Waals surface area contributed by atoms with Gasteiger partial charge in [-0.1, -0.05) is 23.2 Å². The lowest BCUT2D eigenvalue weighted by molar-refractivity contribution is -0.136. The van der Waals surface area contributed by atoms with Crippen LogP contribution in [0, 0.1) is 0 Å². The van der Waals surface area contributed by atoms with E-state index < -0.39 is 17.1 Å². The number of amides is 1. The Morgan fingerprint density at radius 1 is 1.23 bits per heavy atom. The summed E-state index contributed by atoms with van der Waals surface area (Å²) in [7, 11) is 0. The molecular formula is C15H13Cl2NO4. The summed E-state index contributed by atoms with van der Waals surface area (Å²) in [5.74, 6) is -1.44. The van der Waals surface area contributed by atoms with Gasteiger partial charge in [-0.15, -0.1) is 0 Å². The van der Waals surface area contributed by atoms with Crippen LogP contribution in [0.15, 0.2) is 29.8 Å². The minimum Gasteiger partial charge on any atom is -0.501 e. The number of hydrogen-bond donors (Lipinski definition) is 1. The molecule has 1 N–H and O–H groups in total. The lowest BCUT2D eigenvalue weighted by Crippen LogP contribution is -2.32. The molecule has 0 aliphatic carbocycles. The Morgan fingerprint density at radius 2 is 1.86 bits per heavy atom. The molecule has 2 heterocycles. The van der Waals surface area contributed by atoms with Gasteiger partial charge in [0, 0.05) is 28.6 Å². The molecule has 7 heteroatoms. The number of aliphatic hydroxyl groups is 1. The first kappa shape index (κ1) is 15.2. The highest BCUT2D eigenvalue weighted by molar-refractivity contribution is 6.34. The largest absolute Gasteiger partial charge is 0.501 e. The average Bonchev–Trinajstić information content (AvgIpc) is 2.96. The van der Waals surface area contributed by atoms with Crippen molar-refractivity contribution in [2.24, 2.45) is 0 Å². The van der Waals surface area contributed by atoms with E-state index in [1.54, 1.807) is 12.1 Å². The Kier molecular flexibility index (Phi) is 3.57. The molecule has 1 aromatic carbocycles. The first-order valence-corrected chi connectivity index (χ1v) is 7.52. The Balaban J connectivity index is 2.01. The Morgan fingerprint density at radius 3 is 2.41 bits per heavy atom. The lowest BCUT2D eigenvalue weighted by atomic mass is 9.92. The third-order valence-corrected chi connectivity index (χ3v) is 4.32. The smallest absolute Gasteiger partial charge is 0.250 e. The van der Waals surface area contributed by atoms with Gasteiger partial charge in [-0.3, -0.25) is 14.5 Å². The first-order valence-electron chi connectivity index (χ1n) is 6.77. The quantitative estimate of drug-likeness (QED) is 0.897. The monoisotopic (exact) mass is 341 g/mol. The van der Waals surface area contributed by atoms with Crippen molar-refractivity contribution in [2.75, 3.05) is 6.54 Å². The van der Waals surface area contributed by atoms with Crippen molar-refractivity contribution in [3.05, 3.63) is 45.5 Å². The van der Waals surface area contributed by atoms with E-state index in [4.69, 9.17) is 27.9 Å². The van der Waals surface area contributed by atoms with Gasteiger partial charge in [-0.25, -0.2) is 0 Å². The van der Waals surface area contributed by atoms with E-state index in [2.05, 4.69) is 0 Å². The Bertz CT molecular complexity index is 695. The number of ether oxygens (including phenoxy) is 1. The number of carbonyl (C=O) groups is 2. The Hall–Kier alpha value is -1.72. The van der Waals surface area contributed by atoms with Crippen molar-refractivity contribution in [2.45, 2.75) is 25.4 Å². The van der Waals surface area contributed by atoms with Gasteiger partial charge in [-0.05, 0) is 31.5 Å². The molecule has 1 unspecified atom stereocenters. The van der Waals surface area contributed by atoms with E-state index in [9.17, 15) is 14.7 Å². The van der Waals surface area contributed by atoms with Gasteiger partial charge >= 0.3 is 0 Å². The van der Waals surface area contributed by atoms with E-state index in [1.807, 2.05) is 0 Å². The third-order valence-electron chi connectivity index (χ3n) is 3.88. The molecular weight excluding hydrogens is 329 g/mol. The summed E-state index contributed by atoms with van der Waals surface area (Å²) in [5, 5.41) is 10.8. The van der Waals surface area contributed by atoms with Crippen LogP contribution in [0.4, 0.5) is 0 Å². The number of hydrogen-bond acceptors (Lipinski definition) is 4. The van der Waals surface area contributed by atoms with Crippen LogP contribution in [0.5, 0.6) is 0 Å². The molecule has 116 valence electrons. The molecule has 0 spiro atoms. The molecule has 1 atom stereocenters. The molecule has 2 aliphatic rings. The van der Waals surface area contributed by atoms with E-state index >= 15 is 0 Å². The molecule has 0 bridgehead atoms. The number of Topliss-reactive ketones (excluding diaryl/α,β-unsaturated/α-hetero) is 1. The van der Waals surface area contributed by atoms with Crippen molar-refractivity contribution in [3.63, 3.8) is 0 Å². The maximum atomic E-state index is 12.5. The molecule has 3 rings (SSSR count). The molecule has 1 fully saturated rings. The second-order valence-corrected chi connectivity index (χ2v) is 6.30. The second-order valence-electron chi connectivity index (χ2n) is 5.43. The van der Waals surface area contributed by atoms with Crippen molar-refractivity contribution in [3.8, 4) is 0 Å². The number of carbonyl (C=O) groups excluding carboxylic acids is 2. The maximum Gasteiger partial charge on any atom is 0.250 e. The summed E-state index contributed by atoms with van der Waals surface area (Å²) in [6.07, 6.45) is 1.03. The summed E-state index contributed by atoms with van der Waals surface area (Å²) in [6.45, 7) is 1.93. The zero-order chi connectivity index (χ0) is 16.1. The number of aliphatic hydroxyl groups excluding tert-OH is 1. The zero-order valence-electron chi connectivity index (χ0n) is 11.7. The normalized spacial score (nSPS) is 25.1. The minimum absolute atomic E-state index is 0.0916. The van der Waals surface area contributed by atoms with Gasteiger partial charge in [0.05, 0.1) is 0 Å². The van der Waals surface area contributed by atoms with Gasteiger partial charge in [0.2, 0.25) is 17.5 Å². The molecule has 0 saturated carbocycles. The van der Waals surface area contributed by atoms with Crippen LogP contribution < -0.4 is 0 Å². The van der Waals surface area contributed by atoms with Crippen molar-refractivity contribution in [1.82, 2.24) is 4.90 Å². The highest BCUT2D eigenvalue weighted by atomic mass is 35.5. The lowest BCUT2D eigenvalue weighted by Gasteiger charge is -2.26. The number of nitrogens with zero attached hydrogens (tertiary/aromatic N) is 1. The highest BCUT2D eigenvalue weighted by Gasteiger charge is 2.50. The summed E-state index contributed by atoms with van der Waals surface area (Å²) < 4.78 is 5.69. The van der Waals surface area contributed by atoms with E-state index in [0.717, 1.165) is 0 Å². The Labute approximate surface area is 137 Å². The molecule has 5 nitrogen and oxygen atoms in total. The molecule has 1 aromatic rings. The van der Waals surface area contributed by atoms with Crippen LogP contribution in [0.3, 0.4) is 0 Å². The number of halogens is 2.